The highest BCUT2D eigenvalue weighted by atomic mass is 13.9. The van der Waals surface area contributed by atoms with Crippen LogP contribution in [0.2, 0.25) is 0 Å². The lowest BCUT2D eigenvalue weighted by molar-refractivity contribution is 0.795. The van der Waals surface area contributed by atoms with Crippen molar-refractivity contribution in [2.75, 3.05) is 0 Å². The minimum atomic E-state index is 1.02. The number of unbranched alkanes of at least 4 members (excludes halogenated alkanes) is 1. The molecule has 0 N–H and O–H groups in total. The third kappa shape index (κ3) is 9.01. The number of hydrogen-bond acceptors (Lipinski definition) is 0. The highest BCUT2D eigenvalue weighted by Crippen LogP contribution is 2.03. The first-order valence-corrected chi connectivity index (χ1v) is 5.52. The minimum Gasteiger partial charge on any atom is -0.0988 e. The summed E-state index contributed by atoms with van der Waals surface area (Å²) >= 11 is 0. The third-order valence-electron chi connectivity index (χ3n) is 2.01. The van der Waals surface area contributed by atoms with Crippen molar-refractivity contribution in [3.63, 3.8) is 0 Å². The highest BCUT2D eigenvalue weighted by molar-refractivity contribution is 5.14. The summed E-state index contributed by atoms with van der Waals surface area (Å²) in [5.74, 6) is 0. The van der Waals surface area contributed by atoms with Crippen molar-refractivity contribution in [1.82, 2.24) is 0 Å². The van der Waals surface area contributed by atoms with Crippen molar-refractivity contribution in [2.24, 2.45) is 0 Å². The number of allylic oxidation sites excluding steroid dienone is 2. The summed E-state index contributed by atoms with van der Waals surface area (Å²) in [5, 5.41) is 0. The van der Waals surface area contributed by atoms with Gasteiger partial charge in [0.1, 0.15) is 0 Å². The SMILES string of the molecule is C=CC(=C)C.CCCCc1ccccc1. The normalized spacial score (nSPS) is 8.67. The second kappa shape index (κ2) is 9.26. The first kappa shape index (κ1) is 13.7. The molecule has 0 radical (unpaired) electrons. The maximum Gasteiger partial charge on any atom is -0.0279 e. The lowest BCUT2D eigenvalue weighted by Crippen LogP contribution is -1.81. The molecule has 0 bridgehead atoms. The second-order valence-electron chi connectivity index (χ2n) is 3.64. The van der Waals surface area contributed by atoms with Gasteiger partial charge >= 0.3 is 0 Å². The van der Waals surface area contributed by atoms with E-state index >= 15 is 0 Å². The van der Waals surface area contributed by atoms with Crippen molar-refractivity contribution < 1.29 is 0 Å². The van der Waals surface area contributed by atoms with Crippen LogP contribution in [0.4, 0.5) is 0 Å². The van der Waals surface area contributed by atoms with Gasteiger partial charge in [-0.2, -0.15) is 0 Å². The van der Waals surface area contributed by atoms with Crippen LogP contribution in [0.3, 0.4) is 0 Å². The van der Waals surface area contributed by atoms with Gasteiger partial charge in [0.25, 0.3) is 0 Å². The molecule has 0 fully saturated rings. The molecular weight excluding hydrogens is 180 g/mol. The van der Waals surface area contributed by atoms with Crippen LogP contribution in [0.25, 0.3) is 0 Å². The Labute approximate surface area is 94.3 Å². The molecule has 0 saturated carbocycles. The fraction of sp³-hybridized carbons (Fsp3) is 0.333. The van der Waals surface area contributed by atoms with E-state index in [0.29, 0.717) is 0 Å². The molecular formula is C15H22. The topological polar surface area (TPSA) is 0 Å². The van der Waals surface area contributed by atoms with Crippen LogP contribution >= 0.6 is 0 Å². The number of hydrogen-bond donors (Lipinski definition) is 0. The van der Waals surface area contributed by atoms with Gasteiger partial charge < -0.3 is 0 Å². The molecule has 1 aromatic rings. The third-order valence-corrected chi connectivity index (χ3v) is 2.01. The summed E-state index contributed by atoms with van der Waals surface area (Å²) < 4.78 is 0. The van der Waals surface area contributed by atoms with Gasteiger partial charge in [-0.15, -0.1) is 0 Å². The Balaban J connectivity index is 0.000000336. The molecule has 0 aliphatic rings. The summed E-state index contributed by atoms with van der Waals surface area (Å²) in [6.45, 7) is 11.2. The van der Waals surface area contributed by atoms with Gasteiger partial charge in [-0.1, -0.05) is 68.5 Å². The summed E-state index contributed by atoms with van der Waals surface area (Å²) in [6.07, 6.45) is 5.55. The zero-order valence-electron chi connectivity index (χ0n) is 10.00. The predicted molar refractivity (Wildman–Crippen MR) is 70.1 cm³/mol. The van der Waals surface area contributed by atoms with Gasteiger partial charge in [-0.3, -0.25) is 0 Å². The van der Waals surface area contributed by atoms with Gasteiger partial charge in [-0.25, -0.2) is 0 Å². The van der Waals surface area contributed by atoms with Crippen LogP contribution < -0.4 is 0 Å². The van der Waals surface area contributed by atoms with Crippen molar-refractivity contribution in [3.05, 3.63) is 60.7 Å². The largest absolute Gasteiger partial charge is 0.0988 e. The van der Waals surface area contributed by atoms with E-state index in [2.05, 4.69) is 50.4 Å². The quantitative estimate of drug-likeness (QED) is 0.616. The van der Waals surface area contributed by atoms with Crippen molar-refractivity contribution in [1.29, 1.82) is 0 Å². The fourth-order valence-corrected chi connectivity index (χ4v) is 1.03. The average Bonchev–Trinajstić information content (AvgIpc) is 2.28. The van der Waals surface area contributed by atoms with E-state index < -0.39 is 0 Å². The van der Waals surface area contributed by atoms with Gasteiger partial charge in [0.15, 0.2) is 0 Å². The molecule has 0 saturated heterocycles. The average molecular weight is 202 g/mol. The van der Waals surface area contributed by atoms with E-state index in [1.54, 1.807) is 6.08 Å². The molecule has 82 valence electrons. The second-order valence-corrected chi connectivity index (χ2v) is 3.64. The predicted octanol–water partition coefficient (Wildman–Crippen LogP) is 4.78. The lowest BCUT2D eigenvalue weighted by Gasteiger charge is -1.96. The van der Waals surface area contributed by atoms with Crippen molar-refractivity contribution >= 4 is 0 Å². The maximum absolute atomic E-state index is 3.56. The molecule has 0 heteroatoms. The van der Waals surface area contributed by atoms with Crippen LogP contribution in [0, 0.1) is 0 Å². The number of benzene rings is 1. The molecule has 0 aliphatic carbocycles. The van der Waals surface area contributed by atoms with E-state index in [1.807, 2.05) is 6.92 Å². The first-order valence-electron chi connectivity index (χ1n) is 5.52. The van der Waals surface area contributed by atoms with Gasteiger partial charge in [0, 0.05) is 0 Å². The molecule has 1 aromatic carbocycles. The van der Waals surface area contributed by atoms with E-state index in [4.69, 9.17) is 0 Å². The van der Waals surface area contributed by atoms with Crippen LogP contribution in [-0.4, -0.2) is 0 Å². The van der Waals surface area contributed by atoms with Gasteiger partial charge in [-0.05, 0) is 25.3 Å². The Morgan fingerprint density at radius 2 is 1.80 bits per heavy atom. The minimum absolute atomic E-state index is 1.02. The molecule has 0 aromatic heterocycles. The van der Waals surface area contributed by atoms with E-state index in [9.17, 15) is 0 Å². The van der Waals surface area contributed by atoms with Crippen LogP contribution in [0.1, 0.15) is 32.3 Å². The Kier molecular flexibility index (Phi) is 8.46. The smallest absolute Gasteiger partial charge is 0.0279 e. The zero-order valence-corrected chi connectivity index (χ0v) is 10.00. The molecule has 1 rings (SSSR count). The van der Waals surface area contributed by atoms with Crippen molar-refractivity contribution in [2.45, 2.75) is 33.1 Å². The van der Waals surface area contributed by atoms with Gasteiger partial charge in [0.05, 0.1) is 0 Å². The molecule has 0 nitrogen and oxygen atoms in total. The number of rotatable bonds is 4. The number of aryl methyl sites for hydroxylation is 1. The Morgan fingerprint density at radius 1 is 1.27 bits per heavy atom. The Morgan fingerprint density at radius 3 is 2.20 bits per heavy atom. The molecule has 0 amide bonds. The molecule has 15 heavy (non-hydrogen) atoms. The Hall–Kier alpha value is -1.30. The lowest BCUT2D eigenvalue weighted by atomic mass is 10.1. The monoisotopic (exact) mass is 202 g/mol. The fourth-order valence-electron chi connectivity index (χ4n) is 1.03. The Bertz CT molecular complexity index is 269. The van der Waals surface area contributed by atoms with E-state index in [0.717, 1.165) is 5.57 Å². The maximum atomic E-state index is 3.56. The van der Waals surface area contributed by atoms with E-state index in [1.165, 1.54) is 24.8 Å². The molecule has 0 unspecified atom stereocenters. The standard InChI is InChI=1S/C10H14.C5H8/c1-2-3-7-10-8-5-4-6-9-10;1-4-5(2)3/h4-6,8-9H,2-3,7H2,1H3;4H,1-2H2,3H3. The summed E-state index contributed by atoms with van der Waals surface area (Å²) in [6, 6.07) is 10.6. The summed E-state index contributed by atoms with van der Waals surface area (Å²) in [5.41, 5.74) is 2.48. The van der Waals surface area contributed by atoms with E-state index in [-0.39, 0.29) is 0 Å². The summed E-state index contributed by atoms with van der Waals surface area (Å²) in [4.78, 5) is 0. The van der Waals surface area contributed by atoms with Crippen LogP contribution in [-0.2, 0) is 6.42 Å². The van der Waals surface area contributed by atoms with Crippen molar-refractivity contribution in [3.8, 4) is 0 Å². The molecule has 0 atom stereocenters. The van der Waals surface area contributed by atoms with Gasteiger partial charge in [0.2, 0.25) is 0 Å². The highest BCUT2D eigenvalue weighted by Gasteiger charge is 1.87. The first-order chi connectivity index (χ1) is 7.20. The van der Waals surface area contributed by atoms with Crippen LogP contribution in [0.5, 0.6) is 0 Å². The molecule has 0 heterocycles. The molecule has 0 spiro atoms. The molecule has 0 aliphatic heterocycles. The van der Waals surface area contributed by atoms with Crippen LogP contribution in [0.15, 0.2) is 55.1 Å². The zero-order chi connectivity index (χ0) is 11.5. The summed E-state index contributed by atoms with van der Waals surface area (Å²) in [7, 11) is 0.